The first-order valence-electron chi connectivity index (χ1n) is 15.8. The number of benzene rings is 1. The van der Waals surface area contributed by atoms with Gasteiger partial charge in [0.1, 0.15) is 36.0 Å². The van der Waals surface area contributed by atoms with Gasteiger partial charge in [-0.2, -0.15) is 0 Å². The van der Waals surface area contributed by atoms with E-state index in [1.54, 1.807) is 10.9 Å². The highest BCUT2D eigenvalue weighted by Crippen LogP contribution is 2.43. The fourth-order valence-electron chi connectivity index (χ4n) is 7.36. The summed E-state index contributed by atoms with van der Waals surface area (Å²) in [5.41, 5.74) is 10.5. The molecule has 230 valence electrons. The number of imidazole rings is 2. The van der Waals surface area contributed by atoms with Crippen LogP contribution in [-0.2, 0) is 16.6 Å². The quantitative estimate of drug-likeness (QED) is 0.241. The van der Waals surface area contributed by atoms with Crippen molar-refractivity contribution in [3.05, 3.63) is 42.2 Å². The number of nitrogen functional groups attached to an aromatic ring is 1. The maximum absolute atomic E-state index is 11.2. The Morgan fingerprint density at radius 2 is 1.91 bits per heavy atom. The van der Waals surface area contributed by atoms with Crippen LogP contribution in [0.15, 0.2) is 30.9 Å². The first-order chi connectivity index (χ1) is 20.6. The second-order valence-corrected chi connectivity index (χ2v) is 14.0. The second-order valence-electron chi connectivity index (χ2n) is 14.0. The second kappa shape index (κ2) is 10.8. The van der Waals surface area contributed by atoms with Gasteiger partial charge in [0.05, 0.1) is 17.4 Å². The molecular weight excluding hydrogens is 544 g/mol. The molecule has 2 saturated carbocycles. The Morgan fingerprint density at radius 3 is 2.63 bits per heavy atom. The number of aromatic nitrogens is 6. The molecule has 3 aromatic heterocycles. The zero-order chi connectivity index (χ0) is 30.0. The number of nitrogens with zero attached hydrogens (tertiary/aromatic N) is 6. The number of fused-ring (bicyclic) bond motifs is 2. The number of ether oxygens (including phenoxy) is 1. The Kier molecular flexibility index (Phi) is 7.19. The Morgan fingerprint density at radius 1 is 1.12 bits per heavy atom. The largest absolute Gasteiger partial charge is 0.387 e. The average Bonchev–Trinajstić information content (AvgIpc) is 3.61. The highest BCUT2D eigenvalue weighted by atomic mass is 16.6. The standard InChI is InChI=1S/C32H44N8O3/c1-17(28-26(41)27(42)31(43-28)39-16-36-25-29(33)34-15-35-30(25)39)40(20-6-5-7-20)21-12-18(13-21)8-11-24-37-22-10-9-19(32(2,3)4)14-23(22)38-24/h9-10,14-18,20-21,26-28,31,41-42H,5-8,11-13H2,1-4H3,(H,37,38)(H2,33,34,35)/t17-,18?,21?,26-,27+,28+,31+/m0/s1. The maximum atomic E-state index is 11.2. The molecule has 1 aromatic carbocycles. The molecule has 2 aliphatic carbocycles. The van der Waals surface area contributed by atoms with Crippen molar-refractivity contribution in [1.29, 1.82) is 0 Å². The van der Waals surface area contributed by atoms with Crippen LogP contribution >= 0.6 is 0 Å². The van der Waals surface area contributed by atoms with E-state index in [0.717, 1.165) is 55.4 Å². The van der Waals surface area contributed by atoms with Crippen molar-refractivity contribution in [3.8, 4) is 0 Å². The lowest BCUT2D eigenvalue weighted by molar-refractivity contribution is -0.104. The van der Waals surface area contributed by atoms with Crippen molar-refractivity contribution < 1.29 is 14.9 Å². The molecule has 4 heterocycles. The van der Waals surface area contributed by atoms with E-state index >= 15 is 0 Å². The number of hydrogen-bond acceptors (Lipinski definition) is 9. The summed E-state index contributed by atoms with van der Waals surface area (Å²) in [6.07, 6.45) is 7.32. The monoisotopic (exact) mass is 588 g/mol. The number of aromatic amines is 1. The number of aryl methyl sites for hydroxylation is 1. The van der Waals surface area contributed by atoms with Gasteiger partial charge in [-0.15, -0.1) is 0 Å². The number of nitrogens with one attached hydrogen (secondary N) is 1. The van der Waals surface area contributed by atoms with Crippen LogP contribution in [0, 0.1) is 5.92 Å². The van der Waals surface area contributed by atoms with Crippen molar-refractivity contribution in [3.63, 3.8) is 0 Å². The topological polar surface area (TPSA) is 151 Å². The molecule has 4 aromatic rings. The van der Waals surface area contributed by atoms with Gasteiger partial charge in [0.15, 0.2) is 17.7 Å². The van der Waals surface area contributed by atoms with Gasteiger partial charge in [-0.05, 0) is 68.1 Å². The van der Waals surface area contributed by atoms with Gasteiger partial charge in [-0.3, -0.25) is 9.47 Å². The van der Waals surface area contributed by atoms with Gasteiger partial charge in [-0.1, -0.05) is 33.3 Å². The van der Waals surface area contributed by atoms with Crippen LogP contribution < -0.4 is 5.73 Å². The fraction of sp³-hybridized carbons (Fsp3) is 0.625. The number of nitrogens with two attached hydrogens (primary N) is 1. The first-order valence-corrected chi connectivity index (χ1v) is 15.8. The zero-order valence-electron chi connectivity index (χ0n) is 25.5. The summed E-state index contributed by atoms with van der Waals surface area (Å²) in [7, 11) is 0. The Labute approximate surface area is 251 Å². The molecule has 1 aliphatic heterocycles. The minimum atomic E-state index is -1.11. The van der Waals surface area contributed by atoms with E-state index in [2.05, 4.69) is 70.7 Å². The lowest BCUT2D eigenvalue weighted by Gasteiger charge is -2.53. The summed E-state index contributed by atoms with van der Waals surface area (Å²) in [6, 6.07) is 7.45. The highest BCUT2D eigenvalue weighted by Gasteiger charge is 2.51. The van der Waals surface area contributed by atoms with Crippen molar-refractivity contribution in [1.82, 2.24) is 34.4 Å². The molecule has 1 saturated heterocycles. The molecule has 0 bridgehead atoms. The van der Waals surface area contributed by atoms with E-state index in [0.29, 0.717) is 29.2 Å². The maximum Gasteiger partial charge on any atom is 0.167 e. The minimum absolute atomic E-state index is 0.0484. The molecule has 3 aliphatic rings. The van der Waals surface area contributed by atoms with Gasteiger partial charge in [0.25, 0.3) is 0 Å². The van der Waals surface area contributed by atoms with Crippen LogP contribution in [0.25, 0.3) is 22.2 Å². The highest BCUT2D eigenvalue weighted by molar-refractivity contribution is 5.81. The number of aliphatic hydroxyl groups is 2. The summed E-state index contributed by atoms with van der Waals surface area (Å²) < 4.78 is 8.07. The van der Waals surface area contributed by atoms with Gasteiger partial charge in [-0.25, -0.2) is 19.9 Å². The fourth-order valence-corrected chi connectivity index (χ4v) is 7.36. The van der Waals surface area contributed by atoms with Gasteiger partial charge in [0.2, 0.25) is 0 Å². The summed E-state index contributed by atoms with van der Waals surface area (Å²) in [5.74, 6) is 1.98. The van der Waals surface area contributed by atoms with E-state index in [9.17, 15) is 10.2 Å². The number of hydrogen-bond donors (Lipinski definition) is 4. The van der Waals surface area contributed by atoms with Crippen LogP contribution in [0.2, 0.25) is 0 Å². The SMILES string of the molecule is C[C@@H]([C@H]1O[C@@H](n2cnc3c(N)ncnc32)[C@H](O)[C@@H]1O)N(C1CCC1)C1CC(CCc2nc3ccc(C(C)(C)C)cc3[nH]2)C1. The van der Waals surface area contributed by atoms with Crippen molar-refractivity contribution >= 4 is 28.0 Å². The van der Waals surface area contributed by atoms with Crippen LogP contribution in [0.3, 0.4) is 0 Å². The van der Waals surface area contributed by atoms with Crippen molar-refractivity contribution in [2.75, 3.05) is 5.73 Å². The van der Waals surface area contributed by atoms with E-state index in [1.165, 1.54) is 18.3 Å². The summed E-state index contributed by atoms with van der Waals surface area (Å²) in [4.78, 5) is 23.6. The third-order valence-electron chi connectivity index (χ3n) is 10.2. The van der Waals surface area contributed by atoms with Crippen LogP contribution in [0.1, 0.15) is 83.8 Å². The summed E-state index contributed by atoms with van der Waals surface area (Å²) in [6.45, 7) is 8.85. The Hall–Kier alpha value is -3.12. The molecule has 3 fully saturated rings. The van der Waals surface area contributed by atoms with E-state index in [-0.39, 0.29) is 17.3 Å². The molecule has 5 atom stereocenters. The number of aliphatic hydroxyl groups excluding tert-OH is 2. The molecule has 11 heteroatoms. The minimum Gasteiger partial charge on any atom is -0.387 e. The smallest absolute Gasteiger partial charge is 0.167 e. The van der Waals surface area contributed by atoms with E-state index < -0.39 is 24.5 Å². The van der Waals surface area contributed by atoms with E-state index in [1.807, 2.05) is 0 Å². The lowest BCUT2D eigenvalue weighted by Crippen LogP contribution is -2.60. The van der Waals surface area contributed by atoms with Gasteiger partial charge >= 0.3 is 0 Å². The summed E-state index contributed by atoms with van der Waals surface area (Å²) in [5, 5.41) is 22.3. The van der Waals surface area contributed by atoms with Crippen molar-refractivity contribution in [2.45, 2.75) is 121 Å². The molecule has 43 heavy (non-hydrogen) atoms. The molecule has 11 nitrogen and oxygen atoms in total. The molecular formula is C32H44N8O3. The van der Waals surface area contributed by atoms with Crippen LogP contribution in [0.5, 0.6) is 0 Å². The van der Waals surface area contributed by atoms with E-state index in [4.69, 9.17) is 15.5 Å². The molecule has 0 radical (unpaired) electrons. The third-order valence-corrected chi connectivity index (χ3v) is 10.2. The Bertz CT molecular complexity index is 1600. The van der Waals surface area contributed by atoms with Crippen LogP contribution in [-0.4, -0.2) is 81.0 Å². The molecule has 0 spiro atoms. The van der Waals surface area contributed by atoms with Gasteiger partial charge in [0, 0.05) is 24.5 Å². The number of rotatable bonds is 8. The third kappa shape index (κ3) is 5.09. The number of anilines is 1. The Balaban J connectivity index is 1.00. The van der Waals surface area contributed by atoms with Crippen molar-refractivity contribution in [2.24, 2.45) is 5.92 Å². The lowest BCUT2D eigenvalue weighted by atomic mass is 9.74. The summed E-state index contributed by atoms with van der Waals surface area (Å²) >= 11 is 0. The molecule has 0 unspecified atom stereocenters. The molecule has 7 rings (SSSR count). The zero-order valence-corrected chi connectivity index (χ0v) is 25.5. The first kappa shape index (κ1) is 28.6. The molecule has 0 amide bonds. The predicted octanol–water partition coefficient (Wildman–Crippen LogP) is 3.86. The van der Waals surface area contributed by atoms with Gasteiger partial charge < -0.3 is 25.7 Å². The number of H-pyrrole nitrogens is 1. The average molecular weight is 589 g/mol. The predicted molar refractivity (Wildman–Crippen MR) is 164 cm³/mol. The molecule has 5 N–H and O–H groups in total. The normalized spacial score (nSPS) is 28.9. The van der Waals surface area contributed by atoms with Crippen LogP contribution in [0.4, 0.5) is 5.82 Å².